The SMILES string of the molecule is COCCOC(=O)[C@H](Cc1ccc(Nc2nccc3ccncc23)cc1)NC1=C(Br)C(=O)C12CCCCC2. The summed E-state index contributed by atoms with van der Waals surface area (Å²) in [5, 5.41) is 8.76. The molecule has 3 aromatic rings. The van der Waals surface area contributed by atoms with E-state index in [1.165, 1.54) is 0 Å². The Morgan fingerprint density at radius 1 is 1.08 bits per heavy atom. The maximum Gasteiger partial charge on any atom is 0.328 e. The molecule has 2 aliphatic rings. The van der Waals surface area contributed by atoms with Crippen molar-refractivity contribution in [1.82, 2.24) is 15.3 Å². The maximum atomic E-state index is 13.1. The van der Waals surface area contributed by atoms with E-state index in [0.29, 0.717) is 17.5 Å². The highest BCUT2D eigenvalue weighted by Gasteiger charge is 2.53. The van der Waals surface area contributed by atoms with Crippen LogP contribution in [0.2, 0.25) is 0 Å². The molecule has 2 aliphatic carbocycles. The van der Waals surface area contributed by atoms with Gasteiger partial charge < -0.3 is 20.1 Å². The fraction of sp³-hybridized carbons (Fsp3) is 0.379. The molecule has 1 aromatic carbocycles. The van der Waals surface area contributed by atoms with Crippen LogP contribution >= 0.6 is 15.9 Å². The van der Waals surface area contributed by atoms with E-state index in [-0.39, 0.29) is 18.4 Å². The monoisotopic (exact) mass is 578 g/mol. The number of halogens is 1. The van der Waals surface area contributed by atoms with E-state index >= 15 is 0 Å². The number of carbonyl (C=O) groups is 2. The summed E-state index contributed by atoms with van der Waals surface area (Å²) in [5.74, 6) is 0.502. The number of rotatable bonds is 10. The molecule has 2 heterocycles. The smallest absolute Gasteiger partial charge is 0.328 e. The highest BCUT2D eigenvalue weighted by atomic mass is 79.9. The first-order valence-electron chi connectivity index (χ1n) is 12.9. The highest BCUT2D eigenvalue weighted by Crippen LogP contribution is 2.53. The van der Waals surface area contributed by atoms with Gasteiger partial charge in [-0.15, -0.1) is 0 Å². The first-order chi connectivity index (χ1) is 18.5. The van der Waals surface area contributed by atoms with Crippen LogP contribution in [0, 0.1) is 5.41 Å². The van der Waals surface area contributed by atoms with Gasteiger partial charge in [0.2, 0.25) is 0 Å². The highest BCUT2D eigenvalue weighted by molar-refractivity contribution is 9.12. The van der Waals surface area contributed by atoms with Gasteiger partial charge in [0, 0.05) is 48.9 Å². The van der Waals surface area contributed by atoms with E-state index in [1.54, 1.807) is 25.7 Å². The average molecular weight is 579 g/mol. The molecule has 1 saturated carbocycles. The molecule has 1 fully saturated rings. The summed E-state index contributed by atoms with van der Waals surface area (Å²) in [4.78, 5) is 34.6. The van der Waals surface area contributed by atoms with Gasteiger partial charge in [0.15, 0.2) is 5.78 Å². The Morgan fingerprint density at radius 2 is 1.84 bits per heavy atom. The van der Waals surface area contributed by atoms with Crippen LogP contribution in [0.25, 0.3) is 10.8 Å². The molecule has 38 heavy (non-hydrogen) atoms. The zero-order valence-corrected chi connectivity index (χ0v) is 22.9. The molecule has 0 radical (unpaired) electrons. The second-order valence-corrected chi connectivity index (χ2v) is 10.6. The molecule has 0 amide bonds. The van der Waals surface area contributed by atoms with Crippen LogP contribution in [0.1, 0.15) is 37.7 Å². The van der Waals surface area contributed by atoms with Gasteiger partial charge in [0.25, 0.3) is 0 Å². The number of pyridine rings is 2. The fourth-order valence-electron chi connectivity index (χ4n) is 5.32. The molecule has 0 aliphatic heterocycles. The van der Waals surface area contributed by atoms with Gasteiger partial charge in [-0.2, -0.15) is 0 Å². The lowest BCUT2D eigenvalue weighted by Gasteiger charge is -2.46. The van der Waals surface area contributed by atoms with E-state index in [4.69, 9.17) is 9.47 Å². The number of methoxy groups -OCH3 is 1. The molecule has 2 aromatic heterocycles. The van der Waals surface area contributed by atoms with Crippen LogP contribution in [0.4, 0.5) is 11.5 Å². The lowest BCUT2D eigenvalue weighted by atomic mass is 9.62. The standard InChI is InChI=1S/C29H31BrN4O4/c1-37-15-16-38-28(36)23(34-25-24(30)26(35)29(25)11-3-2-4-12-29)17-19-5-7-21(8-6-19)33-27-22-18-31-13-9-20(22)10-14-32-27/h5-10,13-14,18,23,34H,2-4,11-12,15-17H2,1H3,(H,32,33)/t23-/m0/s1. The number of nitrogens with zero attached hydrogens (tertiary/aromatic N) is 2. The van der Waals surface area contributed by atoms with Gasteiger partial charge in [-0.1, -0.05) is 31.4 Å². The van der Waals surface area contributed by atoms with Crippen molar-refractivity contribution in [3.8, 4) is 0 Å². The second-order valence-electron chi connectivity index (χ2n) is 9.80. The third-order valence-electron chi connectivity index (χ3n) is 7.40. The van der Waals surface area contributed by atoms with Crippen LogP contribution in [-0.4, -0.2) is 48.1 Å². The Hall–Kier alpha value is -3.30. The van der Waals surface area contributed by atoms with Gasteiger partial charge in [-0.05, 0) is 64.0 Å². The molecular formula is C29H31BrN4O4. The number of hydrogen-bond acceptors (Lipinski definition) is 8. The maximum absolute atomic E-state index is 13.1. The number of Topliss-reactive ketones (excluding diaryl/α,β-unsaturated/α-hetero) is 1. The minimum Gasteiger partial charge on any atom is -0.462 e. The number of ketones is 1. The van der Waals surface area contributed by atoms with Crippen LogP contribution in [-0.2, 0) is 25.5 Å². The van der Waals surface area contributed by atoms with Gasteiger partial charge in [0.05, 0.1) is 16.5 Å². The lowest BCUT2D eigenvalue weighted by Crippen LogP contribution is -2.53. The Morgan fingerprint density at radius 3 is 2.61 bits per heavy atom. The third-order valence-corrected chi connectivity index (χ3v) is 8.15. The van der Waals surface area contributed by atoms with Gasteiger partial charge in [0.1, 0.15) is 18.5 Å². The van der Waals surface area contributed by atoms with Crippen molar-refractivity contribution in [2.75, 3.05) is 25.6 Å². The summed E-state index contributed by atoms with van der Waals surface area (Å²) in [5.41, 5.74) is 2.17. The summed E-state index contributed by atoms with van der Waals surface area (Å²) in [6, 6.07) is 11.2. The number of nitrogens with one attached hydrogen (secondary N) is 2. The lowest BCUT2D eigenvalue weighted by molar-refractivity contribution is -0.147. The molecule has 9 heteroatoms. The zero-order valence-electron chi connectivity index (χ0n) is 21.3. The molecule has 0 unspecified atom stereocenters. The average Bonchev–Trinajstić information content (AvgIpc) is 2.96. The Balaban J connectivity index is 1.32. The Kier molecular flexibility index (Phi) is 8.04. The number of anilines is 2. The number of benzene rings is 1. The Labute approximate surface area is 230 Å². The quantitative estimate of drug-likeness (QED) is 0.250. The van der Waals surface area contributed by atoms with Gasteiger partial charge >= 0.3 is 5.97 Å². The molecule has 1 atom stereocenters. The van der Waals surface area contributed by atoms with Crippen LogP contribution < -0.4 is 10.6 Å². The van der Waals surface area contributed by atoms with Crippen molar-refractivity contribution in [1.29, 1.82) is 0 Å². The summed E-state index contributed by atoms with van der Waals surface area (Å²) in [6.45, 7) is 0.499. The third kappa shape index (κ3) is 5.31. The van der Waals surface area contributed by atoms with Crippen LogP contribution in [0.3, 0.4) is 0 Å². The van der Waals surface area contributed by atoms with E-state index in [0.717, 1.165) is 65.6 Å². The number of aromatic nitrogens is 2. The predicted molar refractivity (Wildman–Crippen MR) is 149 cm³/mol. The number of ether oxygens (including phenoxy) is 2. The first-order valence-corrected chi connectivity index (χ1v) is 13.7. The summed E-state index contributed by atoms with van der Waals surface area (Å²) in [7, 11) is 1.57. The van der Waals surface area contributed by atoms with E-state index in [2.05, 4.69) is 36.5 Å². The Bertz CT molecular complexity index is 1350. The molecule has 0 bridgehead atoms. The number of hydrogen-bond donors (Lipinski definition) is 2. The normalized spacial score (nSPS) is 17.3. The number of allylic oxidation sites excluding steroid dienone is 2. The van der Waals surface area contributed by atoms with Crippen LogP contribution in [0.15, 0.2) is 65.2 Å². The van der Waals surface area contributed by atoms with E-state index < -0.39 is 11.5 Å². The molecule has 198 valence electrons. The van der Waals surface area contributed by atoms with Crippen molar-refractivity contribution in [3.63, 3.8) is 0 Å². The van der Waals surface area contributed by atoms with Crippen molar-refractivity contribution < 1.29 is 19.1 Å². The largest absolute Gasteiger partial charge is 0.462 e. The minimum absolute atomic E-state index is 0.138. The van der Waals surface area contributed by atoms with Crippen LogP contribution in [0.5, 0.6) is 0 Å². The fourth-order valence-corrected chi connectivity index (χ4v) is 6.19. The topological polar surface area (TPSA) is 102 Å². The van der Waals surface area contributed by atoms with Crippen molar-refractivity contribution in [3.05, 3.63) is 70.7 Å². The summed E-state index contributed by atoms with van der Waals surface area (Å²) in [6.07, 6.45) is 10.5. The molecule has 1 spiro atoms. The molecule has 2 N–H and O–H groups in total. The molecule has 0 saturated heterocycles. The van der Waals surface area contributed by atoms with Crippen molar-refractivity contribution in [2.24, 2.45) is 5.41 Å². The van der Waals surface area contributed by atoms with Gasteiger partial charge in [-0.25, -0.2) is 9.78 Å². The molecule has 8 nitrogen and oxygen atoms in total. The predicted octanol–water partition coefficient (Wildman–Crippen LogP) is 5.20. The van der Waals surface area contributed by atoms with Crippen molar-refractivity contribution in [2.45, 2.75) is 44.6 Å². The number of esters is 1. The summed E-state index contributed by atoms with van der Waals surface area (Å²) >= 11 is 3.46. The number of carbonyl (C=O) groups excluding carboxylic acids is 2. The molecule has 5 rings (SSSR count). The second kappa shape index (κ2) is 11.6. The van der Waals surface area contributed by atoms with E-state index in [9.17, 15) is 9.59 Å². The number of fused-ring (bicyclic) bond motifs is 1. The van der Waals surface area contributed by atoms with Gasteiger partial charge in [-0.3, -0.25) is 9.78 Å². The minimum atomic E-state index is -0.633. The first kappa shape index (κ1) is 26.3. The van der Waals surface area contributed by atoms with Crippen molar-refractivity contribution >= 4 is 50.0 Å². The van der Waals surface area contributed by atoms with E-state index in [1.807, 2.05) is 36.4 Å². The zero-order chi connectivity index (χ0) is 26.5. The summed E-state index contributed by atoms with van der Waals surface area (Å²) < 4.78 is 11.1. The molecular weight excluding hydrogens is 548 g/mol.